The van der Waals surface area contributed by atoms with Crippen LogP contribution in [0.25, 0.3) is 0 Å². The van der Waals surface area contributed by atoms with E-state index in [-0.39, 0.29) is 48.9 Å². The van der Waals surface area contributed by atoms with Crippen LogP contribution in [0.5, 0.6) is 5.75 Å². The van der Waals surface area contributed by atoms with E-state index in [1.165, 1.54) is 12.1 Å². The van der Waals surface area contributed by atoms with Gasteiger partial charge in [0.25, 0.3) is 0 Å². The SMILES string of the molecule is O=C1CCc2c(OCC3(O)CCN(c4ccc(F)cc4Cl)CC3O)cc(F)c(F)c2N1. The van der Waals surface area contributed by atoms with Crippen LogP contribution in [-0.4, -0.2) is 47.5 Å². The van der Waals surface area contributed by atoms with Crippen molar-refractivity contribution in [3.8, 4) is 5.75 Å². The molecule has 2 aliphatic heterocycles. The molecule has 0 aromatic heterocycles. The van der Waals surface area contributed by atoms with Crippen LogP contribution in [0.3, 0.4) is 0 Å². The van der Waals surface area contributed by atoms with E-state index in [1.807, 2.05) is 0 Å². The molecule has 0 radical (unpaired) electrons. The van der Waals surface area contributed by atoms with Crippen molar-refractivity contribution >= 4 is 28.9 Å². The average Bonchev–Trinajstić information content (AvgIpc) is 2.72. The highest BCUT2D eigenvalue weighted by molar-refractivity contribution is 6.33. The Morgan fingerprint density at radius 2 is 2.03 bits per heavy atom. The molecule has 0 saturated carbocycles. The summed E-state index contributed by atoms with van der Waals surface area (Å²) in [6.45, 7) is -0.0595. The molecule has 31 heavy (non-hydrogen) atoms. The maximum atomic E-state index is 14.1. The third-order valence-electron chi connectivity index (χ3n) is 5.71. The summed E-state index contributed by atoms with van der Waals surface area (Å²) in [6, 6.07) is 4.78. The molecule has 1 amide bonds. The van der Waals surface area contributed by atoms with Gasteiger partial charge in [0.05, 0.1) is 16.4 Å². The topological polar surface area (TPSA) is 82.0 Å². The van der Waals surface area contributed by atoms with Crippen LogP contribution in [0.1, 0.15) is 18.4 Å². The number of halogens is 4. The number of nitrogens with zero attached hydrogens (tertiary/aromatic N) is 1. The molecule has 3 N–H and O–H groups in total. The van der Waals surface area contributed by atoms with E-state index in [1.54, 1.807) is 4.90 Å². The van der Waals surface area contributed by atoms with Gasteiger partial charge in [-0.15, -0.1) is 0 Å². The first kappa shape index (κ1) is 21.7. The number of aliphatic hydroxyl groups excluding tert-OH is 1. The molecule has 0 spiro atoms. The highest BCUT2D eigenvalue weighted by Gasteiger charge is 2.42. The number of ether oxygens (including phenoxy) is 1. The minimum atomic E-state index is -1.65. The number of hydrogen-bond acceptors (Lipinski definition) is 5. The molecule has 1 saturated heterocycles. The number of amides is 1. The number of piperidine rings is 1. The zero-order valence-corrected chi connectivity index (χ0v) is 17.1. The number of aliphatic hydroxyl groups is 2. The summed E-state index contributed by atoms with van der Waals surface area (Å²) in [5, 5.41) is 24.0. The molecule has 10 heteroatoms. The highest BCUT2D eigenvalue weighted by Crippen LogP contribution is 2.37. The largest absolute Gasteiger partial charge is 0.490 e. The van der Waals surface area contributed by atoms with Gasteiger partial charge < -0.3 is 25.2 Å². The van der Waals surface area contributed by atoms with E-state index in [9.17, 15) is 28.2 Å². The zero-order chi connectivity index (χ0) is 22.3. The molecule has 2 aliphatic rings. The Hall–Kier alpha value is -2.49. The monoisotopic (exact) mass is 456 g/mol. The van der Waals surface area contributed by atoms with E-state index in [4.69, 9.17) is 16.3 Å². The Balaban J connectivity index is 1.49. The molecule has 6 nitrogen and oxygen atoms in total. The molecular formula is C21H20ClF3N2O4. The second kappa shape index (κ2) is 8.22. The van der Waals surface area contributed by atoms with Crippen molar-refractivity contribution in [2.24, 2.45) is 0 Å². The maximum absolute atomic E-state index is 14.1. The molecule has 1 fully saturated rings. The first-order valence-electron chi connectivity index (χ1n) is 9.72. The quantitative estimate of drug-likeness (QED) is 0.659. The van der Waals surface area contributed by atoms with Gasteiger partial charge in [0.15, 0.2) is 11.6 Å². The van der Waals surface area contributed by atoms with Gasteiger partial charge in [-0.3, -0.25) is 4.79 Å². The first-order chi connectivity index (χ1) is 14.7. The Labute approximate surface area is 181 Å². The average molecular weight is 457 g/mol. The van der Waals surface area contributed by atoms with Crippen molar-refractivity contribution in [3.63, 3.8) is 0 Å². The highest BCUT2D eigenvalue weighted by atomic mass is 35.5. The molecule has 0 bridgehead atoms. The number of fused-ring (bicyclic) bond motifs is 1. The minimum absolute atomic E-state index is 0.00136. The van der Waals surface area contributed by atoms with Gasteiger partial charge in [0.1, 0.15) is 29.9 Å². The van der Waals surface area contributed by atoms with Crippen LogP contribution in [0, 0.1) is 17.5 Å². The van der Waals surface area contributed by atoms with Crippen LogP contribution in [0.4, 0.5) is 24.5 Å². The van der Waals surface area contributed by atoms with Gasteiger partial charge in [0, 0.05) is 31.1 Å². The van der Waals surface area contributed by atoms with Crippen molar-refractivity contribution in [1.29, 1.82) is 0 Å². The number of β-amino-alcohol motifs (C(OH)–C–C–N with tert-alkyl or cyclic N) is 1. The van der Waals surface area contributed by atoms with E-state index in [0.717, 1.165) is 12.1 Å². The number of rotatable bonds is 4. The van der Waals surface area contributed by atoms with E-state index in [0.29, 0.717) is 17.8 Å². The van der Waals surface area contributed by atoms with Crippen molar-refractivity contribution < 1.29 is 32.9 Å². The minimum Gasteiger partial charge on any atom is -0.490 e. The Kier molecular flexibility index (Phi) is 5.76. The summed E-state index contributed by atoms with van der Waals surface area (Å²) in [4.78, 5) is 13.3. The fourth-order valence-electron chi connectivity index (χ4n) is 3.88. The summed E-state index contributed by atoms with van der Waals surface area (Å²) in [6.07, 6.45) is -0.909. The van der Waals surface area contributed by atoms with Crippen molar-refractivity contribution in [2.45, 2.75) is 31.0 Å². The summed E-state index contributed by atoms with van der Waals surface area (Å²) in [7, 11) is 0. The van der Waals surface area contributed by atoms with Crippen LogP contribution in [0.2, 0.25) is 5.02 Å². The molecule has 166 valence electrons. The Morgan fingerprint density at radius 3 is 2.74 bits per heavy atom. The summed E-state index contributed by atoms with van der Waals surface area (Å²) < 4.78 is 46.9. The summed E-state index contributed by atoms with van der Waals surface area (Å²) >= 11 is 6.08. The Morgan fingerprint density at radius 1 is 1.26 bits per heavy atom. The van der Waals surface area contributed by atoms with Crippen molar-refractivity contribution in [1.82, 2.24) is 0 Å². The number of benzene rings is 2. The Bertz CT molecular complexity index is 1040. The van der Waals surface area contributed by atoms with Gasteiger partial charge >= 0.3 is 0 Å². The van der Waals surface area contributed by atoms with Gasteiger partial charge in [0.2, 0.25) is 5.91 Å². The standard InChI is InChI=1S/C21H20ClF3N2O4/c22-13-7-11(23)1-3-15(13)27-6-5-21(30,17(28)9-27)10-31-16-8-14(24)19(25)20-12(16)2-4-18(29)26-20/h1,3,7-8,17,28,30H,2,4-6,9-10H2,(H,26,29). The lowest BCUT2D eigenvalue weighted by molar-refractivity contribution is -0.116. The lowest BCUT2D eigenvalue weighted by Gasteiger charge is -2.43. The molecule has 2 atom stereocenters. The fraction of sp³-hybridized carbons (Fsp3) is 0.381. The fourth-order valence-corrected chi connectivity index (χ4v) is 4.17. The number of carbonyl (C=O) groups excluding carboxylic acids is 1. The lowest BCUT2D eigenvalue weighted by Crippen LogP contribution is -2.58. The van der Waals surface area contributed by atoms with Crippen LogP contribution >= 0.6 is 11.6 Å². The number of nitrogens with one attached hydrogen (secondary N) is 1. The molecule has 0 aliphatic carbocycles. The lowest BCUT2D eigenvalue weighted by atomic mass is 9.89. The molecule has 2 heterocycles. The van der Waals surface area contributed by atoms with Gasteiger partial charge in [-0.25, -0.2) is 13.2 Å². The van der Waals surface area contributed by atoms with Crippen LogP contribution in [-0.2, 0) is 11.2 Å². The predicted octanol–water partition coefficient (Wildman–Crippen LogP) is 3.02. The molecular weight excluding hydrogens is 437 g/mol. The smallest absolute Gasteiger partial charge is 0.224 e. The number of carbonyl (C=O) groups is 1. The van der Waals surface area contributed by atoms with Crippen molar-refractivity contribution in [2.75, 3.05) is 29.9 Å². The van der Waals surface area contributed by atoms with Gasteiger partial charge in [-0.2, -0.15) is 0 Å². The summed E-state index contributed by atoms with van der Waals surface area (Å²) in [5.74, 6) is -3.27. The maximum Gasteiger partial charge on any atom is 0.224 e. The third-order valence-corrected chi connectivity index (χ3v) is 6.01. The second-order valence-electron chi connectivity index (χ2n) is 7.77. The van der Waals surface area contributed by atoms with Crippen LogP contribution < -0.4 is 15.0 Å². The molecule has 2 unspecified atom stereocenters. The van der Waals surface area contributed by atoms with Gasteiger partial charge in [-0.1, -0.05) is 11.6 Å². The zero-order valence-electron chi connectivity index (χ0n) is 16.3. The predicted molar refractivity (Wildman–Crippen MR) is 108 cm³/mol. The van der Waals surface area contributed by atoms with E-state index in [2.05, 4.69) is 5.32 Å². The van der Waals surface area contributed by atoms with E-state index >= 15 is 0 Å². The van der Waals surface area contributed by atoms with Crippen molar-refractivity contribution in [3.05, 3.63) is 52.3 Å². The van der Waals surface area contributed by atoms with E-state index < -0.39 is 35.1 Å². The normalized spacial score (nSPS) is 23.4. The number of hydrogen-bond donors (Lipinski definition) is 3. The molecule has 2 aromatic carbocycles. The second-order valence-corrected chi connectivity index (χ2v) is 8.18. The number of anilines is 2. The summed E-state index contributed by atoms with van der Waals surface area (Å²) in [5.41, 5.74) is -1.10. The van der Waals surface area contributed by atoms with Crippen LogP contribution in [0.15, 0.2) is 24.3 Å². The van der Waals surface area contributed by atoms with Gasteiger partial charge in [-0.05, 0) is 31.0 Å². The molecule has 2 aromatic rings. The third kappa shape index (κ3) is 4.17. The first-order valence-corrected chi connectivity index (χ1v) is 10.1. The molecule has 4 rings (SSSR count).